The monoisotopic (exact) mass is 212 g/mol. The zero-order valence-electron chi connectivity index (χ0n) is 8.07. The summed E-state index contributed by atoms with van der Waals surface area (Å²) >= 11 is 5.77. The standard InChI is InChI=1S/C11H13ClO2/c1-9(12)6-7-14-11-4-2-10(8-13)3-5-11/h2-5,8-9H,6-7H2,1H3. The zero-order valence-corrected chi connectivity index (χ0v) is 8.83. The van der Waals surface area contributed by atoms with Gasteiger partial charge in [0.2, 0.25) is 0 Å². The third-order valence-electron chi connectivity index (χ3n) is 1.80. The number of rotatable bonds is 5. The number of ether oxygens (including phenoxy) is 1. The van der Waals surface area contributed by atoms with E-state index in [-0.39, 0.29) is 5.38 Å². The fraction of sp³-hybridized carbons (Fsp3) is 0.364. The molecule has 0 aliphatic rings. The van der Waals surface area contributed by atoms with Crippen LogP contribution in [0.25, 0.3) is 0 Å². The van der Waals surface area contributed by atoms with Gasteiger partial charge in [0.25, 0.3) is 0 Å². The molecule has 0 fully saturated rings. The summed E-state index contributed by atoms with van der Waals surface area (Å²) in [5.74, 6) is 0.771. The van der Waals surface area contributed by atoms with Crippen molar-refractivity contribution >= 4 is 17.9 Å². The summed E-state index contributed by atoms with van der Waals surface area (Å²) in [6.45, 7) is 2.53. The van der Waals surface area contributed by atoms with E-state index in [2.05, 4.69) is 0 Å². The van der Waals surface area contributed by atoms with Gasteiger partial charge in [0.1, 0.15) is 12.0 Å². The van der Waals surface area contributed by atoms with E-state index >= 15 is 0 Å². The highest BCUT2D eigenvalue weighted by Crippen LogP contribution is 2.12. The van der Waals surface area contributed by atoms with Crippen molar-refractivity contribution in [3.8, 4) is 5.75 Å². The predicted molar refractivity (Wildman–Crippen MR) is 57.3 cm³/mol. The summed E-state index contributed by atoms with van der Waals surface area (Å²) < 4.78 is 5.42. The molecule has 3 heteroatoms. The van der Waals surface area contributed by atoms with E-state index in [0.717, 1.165) is 18.5 Å². The Labute approximate surface area is 88.8 Å². The molecule has 1 aromatic rings. The molecule has 1 aromatic carbocycles. The van der Waals surface area contributed by atoms with Crippen molar-refractivity contribution in [2.75, 3.05) is 6.61 Å². The first-order valence-corrected chi connectivity index (χ1v) is 4.98. The van der Waals surface area contributed by atoms with Crippen LogP contribution in [0.15, 0.2) is 24.3 Å². The second-order valence-electron chi connectivity index (χ2n) is 3.10. The van der Waals surface area contributed by atoms with Crippen LogP contribution < -0.4 is 4.74 Å². The second kappa shape index (κ2) is 5.66. The molecule has 76 valence electrons. The molecule has 0 bridgehead atoms. The second-order valence-corrected chi connectivity index (χ2v) is 3.85. The van der Waals surface area contributed by atoms with Crippen molar-refractivity contribution < 1.29 is 9.53 Å². The Hall–Kier alpha value is -1.02. The first-order chi connectivity index (χ1) is 6.72. The van der Waals surface area contributed by atoms with Crippen molar-refractivity contribution in [3.63, 3.8) is 0 Å². The number of aldehydes is 1. The molecule has 0 saturated carbocycles. The predicted octanol–water partition coefficient (Wildman–Crippen LogP) is 2.90. The Morgan fingerprint density at radius 2 is 2.07 bits per heavy atom. The molecule has 14 heavy (non-hydrogen) atoms. The summed E-state index contributed by atoms with van der Waals surface area (Å²) in [5, 5.41) is 0.129. The molecular formula is C11H13ClO2. The minimum atomic E-state index is 0.129. The van der Waals surface area contributed by atoms with Crippen LogP contribution in [-0.2, 0) is 0 Å². The van der Waals surface area contributed by atoms with Gasteiger partial charge >= 0.3 is 0 Å². The Balaban J connectivity index is 2.40. The molecule has 0 saturated heterocycles. The van der Waals surface area contributed by atoms with E-state index in [1.807, 2.05) is 6.92 Å². The van der Waals surface area contributed by atoms with Gasteiger partial charge in [-0.05, 0) is 37.6 Å². The van der Waals surface area contributed by atoms with Gasteiger partial charge in [0.05, 0.1) is 6.61 Å². The molecule has 1 unspecified atom stereocenters. The molecule has 0 radical (unpaired) electrons. The van der Waals surface area contributed by atoms with Gasteiger partial charge in [-0.2, -0.15) is 0 Å². The summed E-state index contributed by atoms with van der Waals surface area (Å²) in [6.07, 6.45) is 1.63. The summed E-state index contributed by atoms with van der Waals surface area (Å²) in [6, 6.07) is 7.02. The summed E-state index contributed by atoms with van der Waals surface area (Å²) in [7, 11) is 0. The molecule has 0 heterocycles. The van der Waals surface area contributed by atoms with Gasteiger partial charge in [-0.1, -0.05) is 0 Å². The number of carbonyl (C=O) groups excluding carboxylic acids is 1. The van der Waals surface area contributed by atoms with Crippen LogP contribution in [0.3, 0.4) is 0 Å². The highest BCUT2D eigenvalue weighted by molar-refractivity contribution is 6.20. The Bertz CT molecular complexity index is 280. The first kappa shape index (κ1) is 11.1. The number of halogens is 1. The topological polar surface area (TPSA) is 26.3 Å². The van der Waals surface area contributed by atoms with Gasteiger partial charge < -0.3 is 4.74 Å². The molecule has 0 amide bonds. The third kappa shape index (κ3) is 3.79. The third-order valence-corrected chi connectivity index (χ3v) is 2.02. The number of hydrogen-bond acceptors (Lipinski definition) is 2. The molecule has 2 nitrogen and oxygen atoms in total. The van der Waals surface area contributed by atoms with Crippen LogP contribution >= 0.6 is 11.6 Å². The normalized spacial score (nSPS) is 12.1. The minimum Gasteiger partial charge on any atom is -0.494 e. The van der Waals surface area contributed by atoms with Crippen LogP contribution in [0.4, 0.5) is 0 Å². The minimum absolute atomic E-state index is 0.129. The fourth-order valence-electron chi connectivity index (χ4n) is 0.982. The van der Waals surface area contributed by atoms with Crippen LogP contribution in [0.5, 0.6) is 5.75 Å². The van der Waals surface area contributed by atoms with E-state index < -0.39 is 0 Å². The van der Waals surface area contributed by atoms with E-state index in [1.54, 1.807) is 24.3 Å². The van der Waals surface area contributed by atoms with Crippen molar-refractivity contribution in [2.24, 2.45) is 0 Å². The van der Waals surface area contributed by atoms with Crippen molar-refractivity contribution in [2.45, 2.75) is 18.7 Å². The van der Waals surface area contributed by atoms with Gasteiger partial charge in [0, 0.05) is 10.9 Å². The molecule has 0 aromatic heterocycles. The number of carbonyl (C=O) groups is 1. The van der Waals surface area contributed by atoms with E-state index in [1.165, 1.54) is 0 Å². The smallest absolute Gasteiger partial charge is 0.150 e. The Morgan fingerprint density at radius 1 is 1.43 bits per heavy atom. The lowest BCUT2D eigenvalue weighted by Gasteiger charge is -2.06. The lowest BCUT2D eigenvalue weighted by molar-refractivity contribution is 0.112. The highest BCUT2D eigenvalue weighted by Gasteiger charge is 1.97. The molecule has 0 spiro atoms. The maximum absolute atomic E-state index is 10.4. The summed E-state index contributed by atoms with van der Waals surface area (Å²) in [5.41, 5.74) is 0.656. The van der Waals surface area contributed by atoms with E-state index in [4.69, 9.17) is 16.3 Å². The Morgan fingerprint density at radius 3 is 2.57 bits per heavy atom. The van der Waals surface area contributed by atoms with Crippen molar-refractivity contribution in [3.05, 3.63) is 29.8 Å². The zero-order chi connectivity index (χ0) is 10.4. The van der Waals surface area contributed by atoms with Gasteiger partial charge in [0.15, 0.2) is 0 Å². The van der Waals surface area contributed by atoms with Gasteiger partial charge in [-0.15, -0.1) is 11.6 Å². The molecule has 0 aliphatic carbocycles. The van der Waals surface area contributed by atoms with Crippen LogP contribution in [0.2, 0.25) is 0 Å². The number of hydrogen-bond donors (Lipinski definition) is 0. The molecular weight excluding hydrogens is 200 g/mol. The van der Waals surface area contributed by atoms with Crippen LogP contribution in [0, 0.1) is 0 Å². The van der Waals surface area contributed by atoms with Crippen molar-refractivity contribution in [1.82, 2.24) is 0 Å². The van der Waals surface area contributed by atoms with Crippen molar-refractivity contribution in [1.29, 1.82) is 0 Å². The number of benzene rings is 1. The average Bonchev–Trinajstić information content (AvgIpc) is 2.18. The van der Waals surface area contributed by atoms with E-state index in [9.17, 15) is 4.79 Å². The quantitative estimate of drug-likeness (QED) is 0.554. The largest absolute Gasteiger partial charge is 0.494 e. The van der Waals surface area contributed by atoms with Crippen LogP contribution in [0.1, 0.15) is 23.7 Å². The van der Waals surface area contributed by atoms with Gasteiger partial charge in [-0.25, -0.2) is 0 Å². The lowest BCUT2D eigenvalue weighted by atomic mass is 10.2. The first-order valence-electron chi connectivity index (χ1n) is 4.54. The van der Waals surface area contributed by atoms with Crippen LogP contribution in [-0.4, -0.2) is 18.3 Å². The molecule has 0 N–H and O–H groups in total. The lowest BCUT2D eigenvalue weighted by Crippen LogP contribution is -2.02. The molecule has 0 aliphatic heterocycles. The average molecular weight is 213 g/mol. The molecule has 1 atom stereocenters. The number of alkyl halides is 1. The summed E-state index contributed by atoms with van der Waals surface area (Å²) in [4.78, 5) is 10.4. The van der Waals surface area contributed by atoms with E-state index in [0.29, 0.717) is 12.2 Å². The highest BCUT2D eigenvalue weighted by atomic mass is 35.5. The molecule has 1 rings (SSSR count). The maximum Gasteiger partial charge on any atom is 0.150 e. The van der Waals surface area contributed by atoms with Gasteiger partial charge in [-0.3, -0.25) is 4.79 Å². The SMILES string of the molecule is CC(Cl)CCOc1ccc(C=O)cc1. The maximum atomic E-state index is 10.4. The fourth-order valence-corrected chi connectivity index (χ4v) is 1.07. The Kier molecular flexibility index (Phi) is 4.47.